The Morgan fingerprint density at radius 1 is 1.21 bits per heavy atom. The second kappa shape index (κ2) is 6.09. The van der Waals surface area contributed by atoms with Gasteiger partial charge in [0.25, 0.3) is 0 Å². The predicted molar refractivity (Wildman–Crippen MR) is 76.1 cm³/mol. The summed E-state index contributed by atoms with van der Waals surface area (Å²) >= 11 is 0. The fraction of sp³-hybridized carbons (Fsp3) is 0.267. The van der Waals surface area contributed by atoms with Gasteiger partial charge in [-0.2, -0.15) is 0 Å². The summed E-state index contributed by atoms with van der Waals surface area (Å²) in [5, 5.41) is 6.15. The summed E-state index contributed by atoms with van der Waals surface area (Å²) in [4.78, 5) is 10.9. The Balaban J connectivity index is 2.04. The van der Waals surface area contributed by atoms with Crippen molar-refractivity contribution in [2.45, 2.75) is 26.3 Å². The van der Waals surface area contributed by atoms with Gasteiger partial charge in [0.2, 0.25) is 5.91 Å². The van der Waals surface area contributed by atoms with Crippen LogP contribution in [0.2, 0.25) is 0 Å². The Kier molecular flexibility index (Phi) is 4.23. The third-order valence-electron chi connectivity index (χ3n) is 2.84. The van der Waals surface area contributed by atoms with E-state index in [9.17, 15) is 4.79 Å². The molecule has 1 amide bonds. The number of nitrogens with one attached hydrogen (secondary N) is 2. The van der Waals surface area contributed by atoms with E-state index in [2.05, 4.69) is 17.6 Å². The first-order valence-corrected chi connectivity index (χ1v) is 6.36. The van der Waals surface area contributed by atoms with Crippen LogP contribution < -0.4 is 10.6 Å². The molecule has 0 radical (unpaired) electrons. The summed E-state index contributed by atoms with van der Waals surface area (Å²) in [7, 11) is 0. The molecule has 0 aliphatic rings. The van der Waals surface area contributed by atoms with Crippen molar-refractivity contribution in [1.29, 1.82) is 0 Å². The largest absolute Gasteiger partial charge is 0.467 e. The zero-order valence-electron chi connectivity index (χ0n) is 11.1. The lowest BCUT2D eigenvalue weighted by Crippen LogP contribution is -2.09. The maximum Gasteiger partial charge on any atom is 0.221 e. The minimum atomic E-state index is -0.0669. The van der Waals surface area contributed by atoms with E-state index in [0.717, 1.165) is 23.6 Å². The van der Waals surface area contributed by atoms with Crippen LogP contribution in [0.3, 0.4) is 0 Å². The second-order valence-electron chi connectivity index (χ2n) is 4.38. The molecule has 4 heteroatoms. The van der Waals surface area contributed by atoms with Gasteiger partial charge >= 0.3 is 0 Å². The SMILES string of the molecule is CCC(Nc1ccc(NC(C)=O)cc1)c1ccco1. The smallest absolute Gasteiger partial charge is 0.221 e. The Bertz CT molecular complexity index is 518. The van der Waals surface area contributed by atoms with Crippen molar-refractivity contribution in [2.75, 3.05) is 10.6 Å². The zero-order chi connectivity index (χ0) is 13.7. The quantitative estimate of drug-likeness (QED) is 0.857. The third kappa shape index (κ3) is 3.61. The molecule has 0 aliphatic carbocycles. The lowest BCUT2D eigenvalue weighted by atomic mass is 10.1. The minimum absolute atomic E-state index is 0.0669. The third-order valence-corrected chi connectivity index (χ3v) is 2.84. The molecule has 0 aliphatic heterocycles. The maximum absolute atomic E-state index is 10.9. The molecule has 0 bridgehead atoms. The molecule has 2 rings (SSSR count). The number of benzene rings is 1. The first kappa shape index (κ1) is 13.2. The van der Waals surface area contributed by atoms with Gasteiger partial charge in [0.05, 0.1) is 12.3 Å². The van der Waals surface area contributed by atoms with Crippen LogP contribution in [0.1, 0.15) is 32.1 Å². The van der Waals surface area contributed by atoms with E-state index in [1.54, 1.807) is 6.26 Å². The molecular weight excluding hydrogens is 240 g/mol. The number of amides is 1. The van der Waals surface area contributed by atoms with Gasteiger partial charge in [-0.15, -0.1) is 0 Å². The van der Waals surface area contributed by atoms with Crippen LogP contribution in [-0.2, 0) is 4.79 Å². The summed E-state index contributed by atoms with van der Waals surface area (Å²) in [6, 6.07) is 11.6. The van der Waals surface area contributed by atoms with Crippen LogP contribution in [0.15, 0.2) is 47.1 Å². The van der Waals surface area contributed by atoms with E-state index < -0.39 is 0 Å². The fourth-order valence-corrected chi connectivity index (χ4v) is 1.92. The normalized spacial score (nSPS) is 11.9. The Hall–Kier alpha value is -2.23. The van der Waals surface area contributed by atoms with Gasteiger partial charge in [0.15, 0.2) is 0 Å². The van der Waals surface area contributed by atoms with E-state index in [1.165, 1.54) is 6.92 Å². The topological polar surface area (TPSA) is 54.3 Å². The van der Waals surface area contributed by atoms with Gasteiger partial charge in [-0.25, -0.2) is 0 Å². The van der Waals surface area contributed by atoms with Crippen molar-refractivity contribution in [2.24, 2.45) is 0 Å². The Morgan fingerprint density at radius 2 is 1.89 bits per heavy atom. The van der Waals surface area contributed by atoms with Crippen LogP contribution >= 0.6 is 0 Å². The summed E-state index contributed by atoms with van der Waals surface area (Å²) < 4.78 is 5.42. The van der Waals surface area contributed by atoms with E-state index in [4.69, 9.17) is 4.42 Å². The van der Waals surface area contributed by atoms with Crippen molar-refractivity contribution in [3.8, 4) is 0 Å². The molecule has 0 spiro atoms. The molecule has 4 nitrogen and oxygen atoms in total. The summed E-state index contributed by atoms with van der Waals surface area (Å²) in [6.07, 6.45) is 2.61. The number of anilines is 2. The predicted octanol–water partition coefficient (Wildman–Crippen LogP) is 3.80. The number of rotatable bonds is 5. The van der Waals surface area contributed by atoms with Crippen LogP contribution in [0.5, 0.6) is 0 Å². The first-order chi connectivity index (χ1) is 9.19. The van der Waals surface area contributed by atoms with Gasteiger partial charge < -0.3 is 15.1 Å². The molecule has 1 heterocycles. The van der Waals surface area contributed by atoms with Gasteiger partial charge in [-0.1, -0.05) is 6.92 Å². The monoisotopic (exact) mass is 258 g/mol. The Labute approximate surface area is 112 Å². The molecule has 1 aromatic carbocycles. The van der Waals surface area contributed by atoms with Crippen molar-refractivity contribution < 1.29 is 9.21 Å². The molecule has 1 aromatic heterocycles. The highest BCUT2D eigenvalue weighted by molar-refractivity contribution is 5.88. The van der Waals surface area contributed by atoms with E-state index in [0.29, 0.717) is 0 Å². The second-order valence-corrected chi connectivity index (χ2v) is 4.38. The van der Waals surface area contributed by atoms with Crippen LogP contribution in [-0.4, -0.2) is 5.91 Å². The molecule has 2 aromatic rings. The molecule has 0 saturated heterocycles. The summed E-state index contributed by atoms with van der Waals surface area (Å²) in [6.45, 7) is 3.60. The number of hydrogen-bond acceptors (Lipinski definition) is 3. The van der Waals surface area contributed by atoms with Crippen molar-refractivity contribution >= 4 is 17.3 Å². The van der Waals surface area contributed by atoms with E-state index in [-0.39, 0.29) is 11.9 Å². The molecule has 19 heavy (non-hydrogen) atoms. The molecule has 1 unspecified atom stereocenters. The Morgan fingerprint density at radius 3 is 2.42 bits per heavy atom. The molecule has 2 N–H and O–H groups in total. The number of carbonyl (C=O) groups excluding carboxylic acids is 1. The lowest BCUT2D eigenvalue weighted by Gasteiger charge is -2.16. The summed E-state index contributed by atoms with van der Waals surface area (Å²) in [5.74, 6) is 0.858. The van der Waals surface area contributed by atoms with Crippen LogP contribution in [0.4, 0.5) is 11.4 Å². The maximum atomic E-state index is 10.9. The van der Waals surface area contributed by atoms with Crippen molar-refractivity contribution in [3.63, 3.8) is 0 Å². The highest BCUT2D eigenvalue weighted by Gasteiger charge is 2.11. The molecule has 0 fully saturated rings. The highest BCUT2D eigenvalue weighted by Crippen LogP contribution is 2.23. The highest BCUT2D eigenvalue weighted by atomic mass is 16.3. The fourth-order valence-electron chi connectivity index (χ4n) is 1.92. The van der Waals surface area contributed by atoms with E-state index >= 15 is 0 Å². The minimum Gasteiger partial charge on any atom is -0.467 e. The van der Waals surface area contributed by atoms with Gasteiger partial charge in [-0.05, 0) is 42.8 Å². The van der Waals surface area contributed by atoms with Gasteiger partial charge in [-0.3, -0.25) is 4.79 Å². The first-order valence-electron chi connectivity index (χ1n) is 6.36. The van der Waals surface area contributed by atoms with Crippen molar-refractivity contribution in [1.82, 2.24) is 0 Å². The standard InChI is InChI=1S/C15H18N2O2/c1-3-14(15-5-4-10-19-15)17-13-8-6-12(7-9-13)16-11(2)18/h4-10,14,17H,3H2,1-2H3,(H,16,18). The summed E-state index contributed by atoms with van der Waals surface area (Å²) in [5.41, 5.74) is 1.79. The van der Waals surface area contributed by atoms with Crippen LogP contribution in [0, 0.1) is 0 Å². The zero-order valence-corrected chi connectivity index (χ0v) is 11.1. The van der Waals surface area contributed by atoms with Crippen molar-refractivity contribution in [3.05, 3.63) is 48.4 Å². The average molecular weight is 258 g/mol. The molecular formula is C15H18N2O2. The lowest BCUT2D eigenvalue weighted by molar-refractivity contribution is -0.114. The number of hydrogen-bond donors (Lipinski definition) is 2. The van der Waals surface area contributed by atoms with Gasteiger partial charge in [0.1, 0.15) is 5.76 Å². The van der Waals surface area contributed by atoms with Gasteiger partial charge in [0, 0.05) is 18.3 Å². The molecule has 0 saturated carbocycles. The van der Waals surface area contributed by atoms with Crippen LogP contribution in [0.25, 0.3) is 0 Å². The molecule has 100 valence electrons. The van der Waals surface area contributed by atoms with E-state index in [1.807, 2.05) is 36.4 Å². The number of carbonyl (C=O) groups is 1. The average Bonchev–Trinajstić information content (AvgIpc) is 2.91. The molecule has 1 atom stereocenters. The number of furan rings is 1.